The van der Waals surface area contributed by atoms with Gasteiger partial charge < -0.3 is 10.1 Å². The zero-order chi connectivity index (χ0) is 32.7. The fraction of sp³-hybridized carbons (Fsp3) is 0.306. The number of anilines is 1. The molecule has 3 aliphatic heterocycles. The van der Waals surface area contributed by atoms with Crippen molar-refractivity contribution in [2.75, 3.05) is 18.7 Å². The molecule has 1 amide bonds. The second-order valence-corrected chi connectivity index (χ2v) is 13.8. The van der Waals surface area contributed by atoms with E-state index in [1.54, 1.807) is 12.1 Å². The van der Waals surface area contributed by atoms with Gasteiger partial charge in [-0.05, 0) is 41.7 Å². The number of cyclic esters (lactones) is 1. The number of pyridine rings is 1. The minimum absolute atomic E-state index is 0.0160. The highest BCUT2D eigenvalue weighted by atomic mass is 35.5. The van der Waals surface area contributed by atoms with Crippen molar-refractivity contribution in [3.8, 4) is 0 Å². The number of carbonyl (C=O) groups excluding carboxylic acids is 2. The maximum Gasteiger partial charge on any atom is 0.324 e. The minimum atomic E-state index is -1.75. The van der Waals surface area contributed by atoms with Crippen molar-refractivity contribution in [3.05, 3.63) is 129 Å². The summed E-state index contributed by atoms with van der Waals surface area (Å²) in [5.41, 5.74) is -2.73. The molecule has 11 heteroatoms. The molecule has 1 aliphatic carbocycles. The number of aromatic nitrogens is 1. The lowest BCUT2D eigenvalue weighted by atomic mass is 9.45. The van der Waals surface area contributed by atoms with Crippen LogP contribution in [0.25, 0.3) is 0 Å². The van der Waals surface area contributed by atoms with E-state index < -0.39 is 71.5 Å². The van der Waals surface area contributed by atoms with E-state index in [2.05, 4.69) is 10.3 Å². The number of hydrogen-bond acceptors (Lipinski definition) is 5. The van der Waals surface area contributed by atoms with Gasteiger partial charge in [0, 0.05) is 22.4 Å². The molecule has 0 bridgehead atoms. The van der Waals surface area contributed by atoms with Gasteiger partial charge in [0.1, 0.15) is 34.3 Å². The van der Waals surface area contributed by atoms with Crippen LogP contribution >= 0.6 is 23.2 Å². The summed E-state index contributed by atoms with van der Waals surface area (Å²) in [6, 6.07) is 24.2. The first-order valence-corrected chi connectivity index (χ1v) is 16.1. The Kier molecular flexibility index (Phi) is 6.99. The molecule has 1 saturated carbocycles. The zero-order valence-corrected chi connectivity index (χ0v) is 26.3. The third-order valence-corrected chi connectivity index (χ3v) is 11.2. The summed E-state index contributed by atoms with van der Waals surface area (Å²) in [5.74, 6) is -3.12. The standard InChI is InChI=1S/C36H28Cl2F3N3O3/c37-24-13-7-12-22(27(24)41)26-29-32(45)47-30(21-10-5-2-6-11-21)28(20-8-3-1-4-9-20)44(29)35(16-34(17-35,18-39)19-40)36(26)23-14-15-25(38)42-31(23)43-33(36)46/h1-15,26,28-30H,16-19H2,(H,42,43,46)/t26-,28+,29+,30-,36-/m0/s1. The summed E-state index contributed by atoms with van der Waals surface area (Å²) in [7, 11) is 0. The van der Waals surface area contributed by atoms with Gasteiger partial charge in [-0.3, -0.25) is 23.3 Å². The van der Waals surface area contributed by atoms with E-state index in [0.29, 0.717) is 11.1 Å². The molecule has 4 aliphatic rings. The van der Waals surface area contributed by atoms with Crippen LogP contribution in [0.3, 0.4) is 0 Å². The molecule has 5 atom stereocenters. The Bertz CT molecular complexity index is 1900. The first-order valence-electron chi connectivity index (χ1n) is 15.3. The first-order chi connectivity index (χ1) is 22.7. The van der Waals surface area contributed by atoms with Gasteiger partial charge in [0.2, 0.25) is 5.91 Å². The van der Waals surface area contributed by atoms with Gasteiger partial charge in [-0.25, -0.2) is 9.37 Å². The summed E-state index contributed by atoms with van der Waals surface area (Å²) in [6.45, 7) is -1.96. The van der Waals surface area contributed by atoms with Crippen molar-refractivity contribution in [2.45, 2.75) is 47.9 Å². The maximum absolute atomic E-state index is 16.4. The quantitative estimate of drug-likeness (QED) is 0.173. The predicted molar refractivity (Wildman–Crippen MR) is 170 cm³/mol. The smallest absolute Gasteiger partial charge is 0.324 e. The van der Waals surface area contributed by atoms with E-state index in [4.69, 9.17) is 27.9 Å². The number of nitrogens with zero attached hydrogens (tertiary/aromatic N) is 2. The Balaban J connectivity index is 1.49. The van der Waals surface area contributed by atoms with Gasteiger partial charge in [-0.2, -0.15) is 0 Å². The summed E-state index contributed by atoms with van der Waals surface area (Å²) in [6.07, 6.45) is -1.12. The van der Waals surface area contributed by atoms with Gasteiger partial charge in [0.25, 0.3) is 0 Å². The van der Waals surface area contributed by atoms with E-state index in [-0.39, 0.29) is 34.4 Å². The van der Waals surface area contributed by atoms with Crippen LogP contribution in [0.1, 0.15) is 53.2 Å². The lowest BCUT2D eigenvalue weighted by molar-refractivity contribution is -0.200. The molecule has 2 saturated heterocycles. The van der Waals surface area contributed by atoms with E-state index in [9.17, 15) is 18.4 Å². The molecule has 240 valence electrons. The summed E-state index contributed by atoms with van der Waals surface area (Å²) >= 11 is 12.6. The number of amides is 1. The van der Waals surface area contributed by atoms with Gasteiger partial charge in [0.15, 0.2) is 0 Å². The Labute approximate surface area is 278 Å². The molecule has 6 nitrogen and oxygen atoms in total. The van der Waals surface area contributed by atoms with Crippen LogP contribution in [0.5, 0.6) is 0 Å². The number of fused-ring (bicyclic) bond motifs is 5. The highest BCUT2D eigenvalue weighted by Crippen LogP contribution is 2.74. The lowest BCUT2D eigenvalue weighted by Gasteiger charge is -2.64. The Morgan fingerprint density at radius 2 is 1.51 bits per heavy atom. The number of hydrogen-bond donors (Lipinski definition) is 1. The van der Waals surface area contributed by atoms with E-state index in [1.807, 2.05) is 65.6 Å². The van der Waals surface area contributed by atoms with Crippen molar-refractivity contribution in [1.29, 1.82) is 0 Å². The van der Waals surface area contributed by atoms with Crippen molar-refractivity contribution < 1.29 is 27.5 Å². The number of ether oxygens (including phenoxy) is 1. The number of nitrogens with one attached hydrogen (secondary N) is 1. The van der Waals surface area contributed by atoms with E-state index >= 15 is 4.39 Å². The topological polar surface area (TPSA) is 71.5 Å². The van der Waals surface area contributed by atoms with Crippen molar-refractivity contribution in [3.63, 3.8) is 0 Å². The molecule has 0 unspecified atom stereocenters. The van der Waals surface area contributed by atoms with Gasteiger partial charge >= 0.3 is 5.97 Å². The van der Waals surface area contributed by atoms with Crippen LogP contribution in [0.15, 0.2) is 91.0 Å². The fourth-order valence-corrected chi connectivity index (χ4v) is 9.45. The lowest BCUT2D eigenvalue weighted by Crippen LogP contribution is -2.72. The van der Waals surface area contributed by atoms with Crippen LogP contribution in [-0.4, -0.2) is 46.7 Å². The molecular weight excluding hydrogens is 650 g/mol. The van der Waals surface area contributed by atoms with Crippen LogP contribution in [0, 0.1) is 11.2 Å². The minimum Gasteiger partial charge on any atom is -0.454 e. The summed E-state index contributed by atoms with van der Waals surface area (Å²) < 4.78 is 52.5. The molecule has 0 radical (unpaired) electrons. The van der Waals surface area contributed by atoms with Crippen LogP contribution < -0.4 is 5.32 Å². The van der Waals surface area contributed by atoms with Gasteiger partial charge in [-0.1, -0.05) is 102 Å². The molecule has 4 aromatic rings. The summed E-state index contributed by atoms with van der Waals surface area (Å²) in [5, 5.41) is 2.77. The number of carbonyl (C=O) groups is 2. The molecule has 1 aromatic heterocycles. The average Bonchev–Trinajstić information content (AvgIpc) is 3.51. The summed E-state index contributed by atoms with van der Waals surface area (Å²) in [4.78, 5) is 35.8. The third-order valence-electron chi connectivity index (χ3n) is 10.7. The van der Waals surface area contributed by atoms with Gasteiger partial charge in [0.05, 0.1) is 24.4 Å². The second kappa shape index (κ2) is 10.8. The largest absolute Gasteiger partial charge is 0.454 e. The molecule has 3 fully saturated rings. The predicted octanol–water partition coefficient (Wildman–Crippen LogP) is 7.68. The molecule has 8 rings (SSSR count). The average molecular weight is 679 g/mol. The van der Waals surface area contributed by atoms with Crippen LogP contribution in [0.2, 0.25) is 10.2 Å². The number of alkyl halides is 2. The number of esters is 1. The maximum atomic E-state index is 16.4. The Morgan fingerprint density at radius 1 is 0.851 bits per heavy atom. The molecule has 1 N–H and O–H groups in total. The number of rotatable bonds is 5. The number of benzene rings is 3. The molecule has 47 heavy (non-hydrogen) atoms. The second-order valence-electron chi connectivity index (χ2n) is 13.0. The monoisotopic (exact) mass is 677 g/mol. The normalized spacial score (nSPS) is 28.4. The number of morpholine rings is 1. The van der Waals surface area contributed by atoms with Crippen molar-refractivity contribution >= 4 is 40.9 Å². The van der Waals surface area contributed by atoms with Crippen LogP contribution in [-0.2, 0) is 19.7 Å². The number of halogens is 5. The fourth-order valence-electron chi connectivity index (χ4n) is 9.12. The Morgan fingerprint density at radius 3 is 2.17 bits per heavy atom. The van der Waals surface area contributed by atoms with Crippen molar-refractivity contribution in [2.24, 2.45) is 5.41 Å². The van der Waals surface area contributed by atoms with Crippen LogP contribution in [0.4, 0.5) is 19.0 Å². The molecule has 2 spiro atoms. The SMILES string of the molecule is O=C1O[C@@H](c2ccccc2)[C@@H](c2ccccc2)N2[C@@H]1[C@H](c1cccc(Cl)c1F)[C@@]1(C(=O)Nc3nc(Cl)ccc31)C21CC(CF)(CF)C1. The molecule has 4 heterocycles. The zero-order valence-electron chi connectivity index (χ0n) is 24.8. The van der Waals surface area contributed by atoms with Crippen molar-refractivity contribution in [1.82, 2.24) is 9.88 Å². The molecule has 3 aromatic carbocycles. The van der Waals surface area contributed by atoms with E-state index in [0.717, 1.165) is 5.56 Å². The van der Waals surface area contributed by atoms with Gasteiger partial charge in [-0.15, -0.1) is 0 Å². The Hall–Kier alpha value is -3.92. The van der Waals surface area contributed by atoms with E-state index in [1.165, 1.54) is 18.2 Å². The molecular formula is C36H28Cl2F3N3O3. The first kappa shape index (κ1) is 30.4. The third kappa shape index (κ3) is 3.99. The highest BCUT2D eigenvalue weighted by Gasteiger charge is 2.83. The highest BCUT2D eigenvalue weighted by molar-refractivity contribution is 6.31.